The van der Waals surface area contributed by atoms with Gasteiger partial charge in [-0.25, -0.2) is 4.39 Å². The van der Waals surface area contributed by atoms with Crippen molar-refractivity contribution >= 4 is 57.6 Å². The molecule has 3 rings (SSSR count). The molecule has 0 radical (unpaired) electrons. The quantitative estimate of drug-likeness (QED) is 0.509. The van der Waals surface area contributed by atoms with Gasteiger partial charge in [-0.15, -0.1) is 0 Å². The van der Waals surface area contributed by atoms with E-state index in [-0.39, 0.29) is 16.5 Å². The van der Waals surface area contributed by atoms with Crippen LogP contribution in [0.3, 0.4) is 0 Å². The smallest absolute Gasteiger partial charge is 0.268 e. The van der Waals surface area contributed by atoms with E-state index in [0.717, 1.165) is 22.9 Å². The number of benzene rings is 2. The average Bonchev–Trinajstić information content (AvgIpc) is 2.80. The first-order valence-corrected chi connectivity index (χ1v) is 8.78. The third-order valence-corrected chi connectivity index (χ3v) is 5.45. The predicted octanol–water partition coefficient (Wildman–Crippen LogP) is 5.50. The van der Waals surface area contributed by atoms with Gasteiger partial charge in [-0.2, -0.15) is 0 Å². The van der Waals surface area contributed by atoms with Crippen LogP contribution in [-0.4, -0.2) is 10.2 Å². The Morgan fingerprint density at radius 3 is 2.62 bits per heavy atom. The minimum Gasteiger partial charge on any atom is -0.268 e. The van der Waals surface area contributed by atoms with Gasteiger partial charge in [0.15, 0.2) is 4.32 Å². The highest BCUT2D eigenvalue weighted by Crippen LogP contribution is 2.37. The van der Waals surface area contributed by atoms with Crippen molar-refractivity contribution in [2.24, 2.45) is 0 Å². The zero-order valence-electron chi connectivity index (χ0n) is 13.0. The van der Waals surface area contributed by atoms with E-state index < -0.39 is 5.82 Å². The lowest BCUT2D eigenvalue weighted by Gasteiger charge is -2.15. The molecule has 0 unspecified atom stereocenters. The molecule has 24 heavy (non-hydrogen) atoms. The van der Waals surface area contributed by atoms with E-state index in [2.05, 4.69) is 0 Å². The summed E-state index contributed by atoms with van der Waals surface area (Å²) in [4.78, 5) is 14.5. The van der Waals surface area contributed by atoms with E-state index in [0.29, 0.717) is 14.9 Å². The molecule has 1 aliphatic heterocycles. The Morgan fingerprint density at radius 2 is 1.96 bits per heavy atom. The molecule has 0 N–H and O–H groups in total. The fourth-order valence-corrected chi connectivity index (χ4v) is 3.83. The molecule has 0 aliphatic carbocycles. The molecular formula is C18H13ClFNOS2. The predicted molar refractivity (Wildman–Crippen MR) is 103 cm³/mol. The van der Waals surface area contributed by atoms with Crippen molar-refractivity contribution < 1.29 is 9.18 Å². The molecule has 0 atom stereocenters. The fourth-order valence-electron chi connectivity index (χ4n) is 2.33. The first kappa shape index (κ1) is 17.1. The van der Waals surface area contributed by atoms with Crippen LogP contribution in [-0.2, 0) is 4.79 Å². The van der Waals surface area contributed by atoms with Gasteiger partial charge in [0.1, 0.15) is 5.82 Å². The van der Waals surface area contributed by atoms with Gasteiger partial charge in [-0.05, 0) is 55.3 Å². The summed E-state index contributed by atoms with van der Waals surface area (Å²) in [7, 11) is 0. The number of nitrogens with zero attached hydrogens (tertiary/aromatic N) is 1. The Hall–Kier alpha value is -1.69. The molecule has 2 nitrogen and oxygen atoms in total. The summed E-state index contributed by atoms with van der Waals surface area (Å²) in [6.07, 6.45) is 1.46. The molecule has 2 aromatic rings. The van der Waals surface area contributed by atoms with E-state index in [4.69, 9.17) is 23.8 Å². The van der Waals surface area contributed by atoms with Crippen molar-refractivity contribution in [3.05, 3.63) is 68.8 Å². The third-order valence-electron chi connectivity index (χ3n) is 3.82. The van der Waals surface area contributed by atoms with Gasteiger partial charge in [-0.3, -0.25) is 9.69 Å². The molecule has 6 heteroatoms. The molecule has 0 bridgehead atoms. The first-order chi connectivity index (χ1) is 11.4. The van der Waals surface area contributed by atoms with Gasteiger partial charge in [0, 0.05) is 5.56 Å². The van der Waals surface area contributed by atoms with Gasteiger partial charge in [-0.1, -0.05) is 47.7 Å². The number of aryl methyl sites for hydroxylation is 2. The summed E-state index contributed by atoms with van der Waals surface area (Å²) in [6, 6.07) is 10.1. The molecule has 1 fully saturated rings. The number of rotatable bonds is 2. The molecule has 0 spiro atoms. The summed E-state index contributed by atoms with van der Waals surface area (Å²) >= 11 is 12.5. The van der Waals surface area contributed by atoms with Crippen molar-refractivity contribution in [1.29, 1.82) is 0 Å². The number of amides is 1. The number of thioether (sulfide) groups is 1. The van der Waals surface area contributed by atoms with Crippen LogP contribution in [0, 0.1) is 19.7 Å². The van der Waals surface area contributed by atoms with Gasteiger partial charge < -0.3 is 0 Å². The van der Waals surface area contributed by atoms with Gasteiger partial charge >= 0.3 is 0 Å². The summed E-state index contributed by atoms with van der Waals surface area (Å²) in [5.41, 5.74) is 3.11. The van der Waals surface area contributed by atoms with Crippen LogP contribution in [0.5, 0.6) is 0 Å². The highest BCUT2D eigenvalue weighted by atomic mass is 35.5. The molecule has 1 heterocycles. The standard InChI is InChI=1S/C18H13ClFNOS2/c1-10-6-7-12(8-11(10)2)21-17(22)16(24-18(21)23)9-13-14(19)4-3-5-15(13)20/h3-9H,1-2H3/b16-9-. The van der Waals surface area contributed by atoms with Crippen molar-refractivity contribution in [2.75, 3.05) is 4.90 Å². The van der Waals surface area contributed by atoms with Gasteiger partial charge in [0.25, 0.3) is 5.91 Å². The maximum atomic E-state index is 13.9. The number of thiocarbonyl (C=S) groups is 1. The van der Waals surface area contributed by atoms with Crippen molar-refractivity contribution in [2.45, 2.75) is 13.8 Å². The summed E-state index contributed by atoms with van der Waals surface area (Å²) in [5.74, 6) is -0.744. The van der Waals surface area contributed by atoms with Crippen LogP contribution in [0.15, 0.2) is 41.3 Å². The van der Waals surface area contributed by atoms with Crippen LogP contribution in [0.25, 0.3) is 6.08 Å². The topological polar surface area (TPSA) is 20.3 Å². The second-order valence-electron chi connectivity index (χ2n) is 5.42. The Labute approximate surface area is 154 Å². The lowest BCUT2D eigenvalue weighted by Crippen LogP contribution is -2.27. The minimum absolute atomic E-state index is 0.194. The van der Waals surface area contributed by atoms with Crippen molar-refractivity contribution in [3.8, 4) is 0 Å². The number of carbonyl (C=O) groups excluding carboxylic acids is 1. The lowest BCUT2D eigenvalue weighted by molar-refractivity contribution is -0.113. The fraction of sp³-hybridized carbons (Fsp3) is 0.111. The first-order valence-electron chi connectivity index (χ1n) is 7.17. The Balaban J connectivity index is 2.00. The van der Waals surface area contributed by atoms with Crippen LogP contribution in [0.2, 0.25) is 5.02 Å². The zero-order chi connectivity index (χ0) is 17.4. The van der Waals surface area contributed by atoms with E-state index >= 15 is 0 Å². The number of carbonyl (C=O) groups is 1. The van der Waals surface area contributed by atoms with Crippen LogP contribution >= 0.6 is 35.6 Å². The maximum absolute atomic E-state index is 13.9. The van der Waals surface area contributed by atoms with Gasteiger partial charge in [0.2, 0.25) is 0 Å². The largest absolute Gasteiger partial charge is 0.270 e. The van der Waals surface area contributed by atoms with Crippen LogP contribution in [0.1, 0.15) is 16.7 Å². The third kappa shape index (κ3) is 3.11. The monoisotopic (exact) mass is 377 g/mol. The number of hydrogen-bond donors (Lipinski definition) is 0. The van der Waals surface area contributed by atoms with Crippen molar-refractivity contribution in [1.82, 2.24) is 0 Å². The Kier molecular flexibility index (Phi) is 4.76. The Morgan fingerprint density at radius 1 is 1.21 bits per heavy atom. The second kappa shape index (κ2) is 6.67. The number of halogens is 2. The molecule has 2 aromatic carbocycles. The summed E-state index contributed by atoms with van der Waals surface area (Å²) in [6.45, 7) is 3.98. The van der Waals surface area contributed by atoms with E-state index in [1.807, 2.05) is 32.0 Å². The zero-order valence-corrected chi connectivity index (χ0v) is 15.4. The molecule has 0 saturated carbocycles. The SMILES string of the molecule is Cc1ccc(N2C(=O)/C(=C/c3c(F)cccc3Cl)SC2=S)cc1C. The van der Waals surface area contributed by atoms with Crippen molar-refractivity contribution in [3.63, 3.8) is 0 Å². The summed E-state index contributed by atoms with van der Waals surface area (Å²) < 4.78 is 14.4. The molecule has 1 saturated heterocycles. The molecule has 1 aliphatic rings. The average molecular weight is 378 g/mol. The lowest BCUT2D eigenvalue weighted by atomic mass is 10.1. The van der Waals surface area contributed by atoms with Crippen LogP contribution in [0.4, 0.5) is 10.1 Å². The molecule has 1 amide bonds. The number of hydrogen-bond acceptors (Lipinski definition) is 3. The normalized spacial score (nSPS) is 16.3. The van der Waals surface area contributed by atoms with Crippen LogP contribution < -0.4 is 4.90 Å². The summed E-state index contributed by atoms with van der Waals surface area (Å²) in [5, 5.41) is 0.256. The molecule has 0 aromatic heterocycles. The highest BCUT2D eigenvalue weighted by Gasteiger charge is 2.33. The Bertz CT molecular complexity index is 874. The maximum Gasteiger partial charge on any atom is 0.270 e. The molecular weight excluding hydrogens is 365 g/mol. The van der Waals surface area contributed by atoms with E-state index in [9.17, 15) is 9.18 Å². The highest BCUT2D eigenvalue weighted by molar-refractivity contribution is 8.27. The minimum atomic E-state index is -0.473. The van der Waals surface area contributed by atoms with E-state index in [1.165, 1.54) is 23.1 Å². The van der Waals surface area contributed by atoms with E-state index in [1.54, 1.807) is 6.07 Å². The molecule has 122 valence electrons. The second-order valence-corrected chi connectivity index (χ2v) is 7.50. The number of anilines is 1. The van der Waals surface area contributed by atoms with Gasteiger partial charge in [0.05, 0.1) is 15.6 Å².